The van der Waals surface area contributed by atoms with Crippen LogP contribution in [0.2, 0.25) is 0 Å². The number of amides is 2. The van der Waals surface area contributed by atoms with Crippen molar-refractivity contribution in [3.8, 4) is 6.07 Å². The molecule has 5 heteroatoms. The van der Waals surface area contributed by atoms with Gasteiger partial charge in [0.2, 0.25) is 0 Å². The van der Waals surface area contributed by atoms with E-state index in [1.165, 1.54) is 0 Å². The lowest BCUT2D eigenvalue weighted by atomic mass is 10.1. The minimum atomic E-state index is -0.255. The van der Waals surface area contributed by atoms with Crippen LogP contribution < -0.4 is 15.5 Å². The standard InChI is InChI=1S/C18H20N4O/c1-22(2)17-9-5-15(6-10-17)13-20-18(23)21-16-7-3-14(4-8-16)11-12-19/h3-10H,11,13H2,1-2H3,(H2,20,21,23). The van der Waals surface area contributed by atoms with Crippen LogP contribution in [0.15, 0.2) is 48.5 Å². The van der Waals surface area contributed by atoms with Gasteiger partial charge in [0.25, 0.3) is 0 Å². The number of hydrogen-bond donors (Lipinski definition) is 2. The molecule has 2 N–H and O–H groups in total. The van der Waals surface area contributed by atoms with E-state index < -0.39 is 0 Å². The Kier molecular flexibility index (Phi) is 5.59. The smallest absolute Gasteiger partial charge is 0.319 e. The summed E-state index contributed by atoms with van der Waals surface area (Å²) < 4.78 is 0. The lowest BCUT2D eigenvalue weighted by molar-refractivity contribution is 0.251. The molecule has 0 saturated heterocycles. The van der Waals surface area contributed by atoms with E-state index in [9.17, 15) is 4.79 Å². The summed E-state index contributed by atoms with van der Waals surface area (Å²) in [7, 11) is 3.98. The third-order valence-electron chi connectivity index (χ3n) is 3.40. The van der Waals surface area contributed by atoms with Crippen LogP contribution in [0.4, 0.5) is 16.2 Å². The fourth-order valence-electron chi connectivity index (χ4n) is 2.07. The molecule has 0 aliphatic carbocycles. The van der Waals surface area contributed by atoms with Crippen LogP contribution in [-0.4, -0.2) is 20.1 Å². The maximum Gasteiger partial charge on any atom is 0.319 e. The zero-order valence-electron chi connectivity index (χ0n) is 13.3. The molecular formula is C18H20N4O. The van der Waals surface area contributed by atoms with Gasteiger partial charge >= 0.3 is 6.03 Å². The van der Waals surface area contributed by atoms with Gasteiger partial charge in [0.15, 0.2) is 0 Å². The lowest BCUT2D eigenvalue weighted by Crippen LogP contribution is -2.28. The molecule has 2 amide bonds. The summed E-state index contributed by atoms with van der Waals surface area (Å²) in [6, 6.07) is 17.1. The van der Waals surface area contributed by atoms with E-state index in [1.54, 1.807) is 12.1 Å². The zero-order chi connectivity index (χ0) is 16.7. The number of nitriles is 1. The first-order chi connectivity index (χ1) is 11.1. The highest BCUT2D eigenvalue weighted by atomic mass is 16.2. The van der Waals surface area contributed by atoms with E-state index in [-0.39, 0.29) is 6.03 Å². The van der Waals surface area contributed by atoms with E-state index >= 15 is 0 Å². The molecule has 23 heavy (non-hydrogen) atoms. The molecule has 118 valence electrons. The van der Waals surface area contributed by atoms with Crippen LogP contribution in [0, 0.1) is 11.3 Å². The van der Waals surface area contributed by atoms with Gasteiger partial charge in [-0.25, -0.2) is 4.79 Å². The van der Waals surface area contributed by atoms with Crippen LogP contribution in [0.5, 0.6) is 0 Å². The van der Waals surface area contributed by atoms with Gasteiger partial charge in [0.1, 0.15) is 0 Å². The molecule has 2 rings (SSSR count). The van der Waals surface area contributed by atoms with E-state index in [4.69, 9.17) is 5.26 Å². The normalized spacial score (nSPS) is 9.78. The second-order valence-corrected chi connectivity index (χ2v) is 5.40. The molecule has 5 nitrogen and oxygen atoms in total. The monoisotopic (exact) mass is 308 g/mol. The second-order valence-electron chi connectivity index (χ2n) is 5.40. The largest absolute Gasteiger partial charge is 0.378 e. The Morgan fingerprint density at radius 2 is 1.65 bits per heavy atom. The van der Waals surface area contributed by atoms with Gasteiger partial charge in [-0.15, -0.1) is 0 Å². The van der Waals surface area contributed by atoms with Gasteiger partial charge in [-0.3, -0.25) is 0 Å². The van der Waals surface area contributed by atoms with Crippen LogP contribution >= 0.6 is 0 Å². The highest BCUT2D eigenvalue weighted by molar-refractivity contribution is 5.89. The van der Waals surface area contributed by atoms with Gasteiger partial charge in [0.05, 0.1) is 12.5 Å². The first kappa shape index (κ1) is 16.4. The van der Waals surface area contributed by atoms with Crippen molar-refractivity contribution in [2.75, 3.05) is 24.3 Å². The van der Waals surface area contributed by atoms with E-state index in [0.29, 0.717) is 18.7 Å². The van der Waals surface area contributed by atoms with Gasteiger partial charge < -0.3 is 15.5 Å². The first-order valence-corrected chi connectivity index (χ1v) is 7.35. The summed E-state index contributed by atoms with van der Waals surface area (Å²) in [6.45, 7) is 0.464. The van der Waals surface area contributed by atoms with Crippen molar-refractivity contribution in [1.29, 1.82) is 5.26 Å². The van der Waals surface area contributed by atoms with Crippen molar-refractivity contribution < 1.29 is 4.79 Å². The number of carbonyl (C=O) groups excluding carboxylic acids is 1. The number of hydrogen-bond acceptors (Lipinski definition) is 3. The Balaban J connectivity index is 1.83. The Hall–Kier alpha value is -3.00. The Morgan fingerprint density at radius 1 is 1.04 bits per heavy atom. The van der Waals surface area contributed by atoms with Crippen LogP contribution in [0.25, 0.3) is 0 Å². The maximum absolute atomic E-state index is 11.9. The minimum Gasteiger partial charge on any atom is -0.378 e. The number of urea groups is 1. The van der Waals surface area contributed by atoms with Crippen molar-refractivity contribution in [3.05, 3.63) is 59.7 Å². The first-order valence-electron chi connectivity index (χ1n) is 7.35. The average molecular weight is 308 g/mol. The topological polar surface area (TPSA) is 68.2 Å². The SMILES string of the molecule is CN(C)c1ccc(CNC(=O)Nc2ccc(CC#N)cc2)cc1. The predicted octanol–water partition coefficient (Wildman–Crippen LogP) is 3.14. The van der Waals surface area contributed by atoms with Gasteiger partial charge in [-0.1, -0.05) is 24.3 Å². The summed E-state index contributed by atoms with van der Waals surface area (Å²) in [5, 5.41) is 14.2. The van der Waals surface area contributed by atoms with Crippen molar-refractivity contribution >= 4 is 17.4 Å². The van der Waals surface area contributed by atoms with Gasteiger partial charge in [-0.05, 0) is 35.4 Å². The summed E-state index contributed by atoms with van der Waals surface area (Å²) in [4.78, 5) is 13.9. The molecule has 0 aliphatic heterocycles. The van der Waals surface area contributed by atoms with E-state index in [0.717, 1.165) is 16.8 Å². The van der Waals surface area contributed by atoms with E-state index in [2.05, 4.69) is 16.7 Å². The van der Waals surface area contributed by atoms with Crippen molar-refractivity contribution in [2.45, 2.75) is 13.0 Å². The number of carbonyl (C=O) groups is 1. The number of rotatable bonds is 5. The molecule has 0 aromatic heterocycles. The second kappa shape index (κ2) is 7.85. The summed E-state index contributed by atoms with van der Waals surface area (Å²) in [5.74, 6) is 0. The fourth-order valence-corrected chi connectivity index (χ4v) is 2.07. The molecule has 2 aromatic carbocycles. The fraction of sp³-hybridized carbons (Fsp3) is 0.222. The molecule has 0 unspecified atom stereocenters. The number of nitrogens with one attached hydrogen (secondary N) is 2. The zero-order valence-corrected chi connectivity index (χ0v) is 13.3. The molecule has 0 heterocycles. The Morgan fingerprint density at radius 3 is 2.22 bits per heavy atom. The molecule has 0 radical (unpaired) electrons. The highest BCUT2D eigenvalue weighted by Gasteiger charge is 2.02. The van der Waals surface area contributed by atoms with Gasteiger partial charge in [0, 0.05) is 32.0 Å². The summed E-state index contributed by atoms with van der Waals surface area (Å²) in [5.41, 5.74) is 3.79. The Labute approximate surface area is 136 Å². The third kappa shape index (κ3) is 5.04. The number of nitrogens with zero attached hydrogens (tertiary/aromatic N) is 2. The molecule has 0 bridgehead atoms. The summed E-state index contributed by atoms with van der Waals surface area (Å²) in [6.07, 6.45) is 0.370. The molecule has 2 aromatic rings. The van der Waals surface area contributed by atoms with Crippen LogP contribution in [0.1, 0.15) is 11.1 Å². The molecule has 0 aliphatic rings. The predicted molar refractivity (Wildman–Crippen MR) is 92.4 cm³/mol. The Bertz CT molecular complexity index is 684. The minimum absolute atomic E-state index is 0.255. The van der Waals surface area contributed by atoms with Crippen LogP contribution in [0.3, 0.4) is 0 Å². The van der Waals surface area contributed by atoms with Gasteiger partial charge in [-0.2, -0.15) is 5.26 Å². The van der Waals surface area contributed by atoms with E-state index in [1.807, 2.05) is 55.4 Å². The number of anilines is 2. The molecule has 0 atom stereocenters. The molecular weight excluding hydrogens is 288 g/mol. The quantitative estimate of drug-likeness (QED) is 0.891. The molecule has 0 saturated carbocycles. The average Bonchev–Trinajstić information content (AvgIpc) is 2.55. The highest BCUT2D eigenvalue weighted by Crippen LogP contribution is 2.12. The lowest BCUT2D eigenvalue weighted by Gasteiger charge is -2.13. The van der Waals surface area contributed by atoms with Crippen molar-refractivity contribution in [2.24, 2.45) is 0 Å². The summed E-state index contributed by atoms with van der Waals surface area (Å²) >= 11 is 0. The molecule has 0 fully saturated rings. The maximum atomic E-state index is 11.9. The van der Waals surface area contributed by atoms with Crippen molar-refractivity contribution in [1.82, 2.24) is 5.32 Å². The van der Waals surface area contributed by atoms with Crippen LogP contribution in [-0.2, 0) is 13.0 Å². The third-order valence-corrected chi connectivity index (χ3v) is 3.40. The number of benzene rings is 2. The molecule has 0 spiro atoms. The van der Waals surface area contributed by atoms with Crippen molar-refractivity contribution in [3.63, 3.8) is 0 Å².